The summed E-state index contributed by atoms with van der Waals surface area (Å²) in [5.74, 6) is 0. The summed E-state index contributed by atoms with van der Waals surface area (Å²) >= 11 is 0. The van der Waals surface area contributed by atoms with E-state index >= 15 is 0 Å². The zero-order valence-electron chi connectivity index (χ0n) is 9.86. The van der Waals surface area contributed by atoms with Gasteiger partial charge in [-0.05, 0) is 37.4 Å². The molecule has 2 aliphatic rings. The van der Waals surface area contributed by atoms with Crippen LogP contribution in [0.1, 0.15) is 30.0 Å². The Balaban J connectivity index is 1.96. The second kappa shape index (κ2) is 4.19. The third kappa shape index (κ3) is 1.66. The largest absolute Gasteiger partial charge is 0.376 e. The zero-order chi connectivity index (χ0) is 11.0. The number of fused-ring (bicyclic) bond motifs is 1. The Morgan fingerprint density at radius 1 is 1.31 bits per heavy atom. The van der Waals surface area contributed by atoms with Crippen molar-refractivity contribution < 1.29 is 4.74 Å². The third-order valence-corrected chi connectivity index (χ3v) is 3.90. The van der Waals surface area contributed by atoms with Crippen molar-refractivity contribution in [1.29, 1.82) is 0 Å². The molecule has 0 bridgehead atoms. The van der Waals surface area contributed by atoms with Crippen LogP contribution in [-0.4, -0.2) is 31.2 Å². The molecule has 3 rings (SSSR count). The summed E-state index contributed by atoms with van der Waals surface area (Å²) in [5, 5.41) is 0. The van der Waals surface area contributed by atoms with Crippen molar-refractivity contribution >= 4 is 0 Å². The predicted molar refractivity (Wildman–Crippen MR) is 64.5 cm³/mol. The molecule has 2 atom stereocenters. The maximum absolute atomic E-state index is 5.88. The average Bonchev–Trinajstić information content (AvgIpc) is 2.82. The zero-order valence-corrected chi connectivity index (χ0v) is 9.86. The molecular formula is C14H19NO. The number of likely N-dealkylation sites (N-methyl/N-ethyl adjacent to an activating group) is 1. The van der Waals surface area contributed by atoms with Crippen molar-refractivity contribution in [3.63, 3.8) is 0 Å². The summed E-state index contributed by atoms with van der Waals surface area (Å²) in [5.41, 5.74) is 3.00. The minimum Gasteiger partial charge on any atom is -0.376 e. The van der Waals surface area contributed by atoms with E-state index in [4.69, 9.17) is 4.74 Å². The third-order valence-electron chi connectivity index (χ3n) is 3.90. The lowest BCUT2D eigenvalue weighted by atomic mass is 9.89. The van der Waals surface area contributed by atoms with Gasteiger partial charge in [0.05, 0.1) is 12.1 Å². The summed E-state index contributed by atoms with van der Waals surface area (Å²) < 4.78 is 5.88. The minimum absolute atomic E-state index is 0.409. The molecule has 2 heterocycles. The van der Waals surface area contributed by atoms with E-state index < -0.39 is 0 Å². The van der Waals surface area contributed by atoms with Gasteiger partial charge >= 0.3 is 0 Å². The number of benzene rings is 1. The molecular weight excluding hydrogens is 198 g/mol. The first-order chi connectivity index (χ1) is 7.86. The maximum atomic E-state index is 5.88. The van der Waals surface area contributed by atoms with Crippen LogP contribution < -0.4 is 0 Å². The highest BCUT2D eigenvalue weighted by molar-refractivity contribution is 5.33. The molecule has 0 saturated carbocycles. The van der Waals surface area contributed by atoms with Gasteiger partial charge in [0, 0.05) is 13.2 Å². The molecule has 2 heteroatoms. The fraction of sp³-hybridized carbons (Fsp3) is 0.571. The van der Waals surface area contributed by atoms with E-state index in [0.29, 0.717) is 12.1 Å². The van der Waals surface area contributed by atoms with Crippen LogP contribution in [0.5, 0.6) is 0 Å². The van der Waals surface area contributed by atoms with Crippen molar-refractivity contribution in [2.75, 3.05) is 20.2 Å². The Labute approximate surface area is 97.2 Å². The van der Waals surface area contributed by atoms with E-state index in [-0.39, 0.29) is 0 Å². The van der Waals surface area contributed by atoms with E-state index in [0.717, 1.165) is 13.2 Å². The second-order valence-electron chi connectivity index (χ2n) is 4.93. The van der Waals surface area contributed by atoms with Crippen LogP contribution in [0.25, 0.3) is 0 Å². The van der Waals surface area contributed by atoms with Crippen LogP contribution in [0, 0.1) is 0 Å². The van der Waals surface area contributed by atoms with E-state index in [2.05, 4.69) is 36.2 Å². The lowest BCUT2D eigenvalue weighted by molar-refractivity contribution is 0.0287. The summed E-state index contributed by atoms with van der Waals surface area (Å²) in [7, 11) is 2.22. The van der Waals surface area contributed by atoms with E-state index in [1.54, 1.807) is 0 Å². The normalized spacial score (nSPS) is 30.3. The first kappa shape index (κ1) is 10.3. The number of hydrogen-bond donors (Lipinski definition) is 0. The van der Waals surface area contributed by atoms with Gasteiger partial charge in [0.25, 0.3) is 0 Å². The van der Waals surface area contributed by atoms with Crippen molar-refractivity contribution in [3.8, 4) is 0 Å². The molecule has 1 fully saturated rings. The molecule has 2 aliphatic heterocycles. The SMILES string of the molecule is CN1CCc2ccccc2C1C1CCCO1. The fourth-order valence-electron chi connectivity index (χ4n) is 3.06. The molecule has 0 spiro atoms. The molecule has 2 unspecified atom stereocenters. The highest BCUT2D eigenvalue weighted by Crippen LogP contribution is 2.35. The Kier molecular flexibility index (Phi) is 2.70. The van der Waals surface area contributed by atoms with Gasteiger partial charge in [-0.3, -0.25) is 4.90 Å². The molecule has 1 aromatic rings. The van der Waals surface area contributed by atoms with Crippen LogP contribution in [0.3, 0.4) is 0 Å². The molecule has 86 valence electrons. The number of nitrogens with zero attached hydrogens (tertiary/aromatic N) is 1. The Bertz CT molecular complexity index is 371. The van der Waals surface area contributed by atoms with E-state index in [1.807, 2.05) is 0 Å². The second-order valence-corrected chi connectivity index (χ2v) is 4.93. The molecule has 1 saturated heterocycles. The number of ether oxygens (including phenoxy) is 1. The number of rotatable bonds is 1. The molecule has 0 N–H and O–H groups in total. The van der Waals surface area contributed by atoms with Crippen molar-refractivity contribution in [2.45, 2.75) is 31.4 Å². The Morgan fingerprint density at radius 3 is 3.00 bits per heavy atom. The first-order valence-electron chi connectivity index (χ1n) is 6.26. The van der Waals surface area contributed by atoms with Gasteiger partial charge in [0.15, 0.2) is 0 Å². The summed E-state index contributed by atoms with van der Waals surface area (Å²) in [6.45, 7) is 2.10. The highest BCUT2D eigenvalue weighted by Gasteiger charge is 2.33. The van der Waals surface area contributed by atoms with E-state index in [1.165, 1.54) is 30.4 Å². The lowest BCUT2D eigenvalue weighted by Crippen LogP contribution is -2.38. The van der Waals surface area contributed by atoms with Gasteiger partial charge in [-0.15, -0.1) is 0 Å². The van der Waals surface area contributed by atoms with E-state index in [9.17, 15) is 0 Å². The maximum Gasteiger partial charge on any atom is 0.0772 e. The molecule has 1 aromatic carbocycles. The standard InChI is InChI=1S/C14H19NO/c1-15-9-8-11-5-2-3-6-12(11)14(15)13-7-4-10-16-13/h2-3,5-6,13-14H,4,7-10H2,1H3. The molecule has 2 nitrogen and oxygen atoms in total. The Hall–Kier alpha value is -0.860. The average molecular weight is 217 g/mol. The minimum atomic E-state index is 0.409. The van der Waals surface area contributed by atoms with Crippen molar-refractivity contribution in [3.05, 3.63) is 35.4 Å². The van der Waals surface area contributed by atoms with Gasteiger partial charge in [-0.1, -0.05) is 24.3 Å². The predicted octanol–water partition coefficient (Wildman–Crippen LogP) is 2.39. The molecule has 0 aromatic heterocycles. The van der Waals surface area contributed by atoms with Crippen LogP contribution in [0.15, 0.2) is 24.3 Å². The topological polar surface area (TPSA) is 12.5 Å². The lowest BCUT2D eigenvalue weighted by Gasteiger charge is -2.37. The van der Waals surface area contributed by atoms with Crippen LogP contribution in [0.4, 0.5) is 0 Å². The first-order valence-corrected chi connectivity index (χ1v) is 6.26. The van der Waals surface area contributed by atoms with Gasteiger partial charge in [-0.2, -0.15) is 0 Å². The summed E-state index contributed by atoms with van der Waals surface area (Å²) in [6, 6.07) is 9.32. The Morgan fingerprint density at radius 2 is 2.19 bits per heavy atom. The van der Waals surface area contributed by atoms with Gasteiger partial charge < -0.3 is 4.74 Å². The molecule has 0 aliphatic carbocycles. The highest BCUT2D eigenvalue weighted by atomic mass is 16.5. The smallest absolute Gasteiger partial charge is 0.0772 e. The van der Waals surface area contributed by atoms with Gasteiger partial charge in [-0.25, -0.2) is 0 Å². The van der Waals surface area contributed by atoms with Gasteiger partial charge in [0.2, 0.25) is 0 Å². The van der Waals surface area contributed by atoms with Crippen LogP contribution in [-0.2, 0) is 11.2 Å². The molecule has 16 heavy (non-hydrogen) atoms. The number of hydrogen-bond acceptors (Lipinski definition) is 2. The van der Waals surface area contributed by atoms with Crippen molar-refractivity contribution in [1.82, 2.24) is 4.90 Å². The molecule has 0 amide bonds. The summed E-state index contributed by atoms with van der Waals surface area (Å²) in [6.07, 6.45) is 4.02. The van der Waals surface area contributed by atoms with Crippen LogP contribution >= 0.6 is 0 Å². The fourth-order valence-corrected chi connectivity index (χ4v) is 3.06. The van der Waals surface area contributed by atoms with Crippen molar-refractivity contribution in [2.24, 2.45) is 0 Å². The monoisotopic (exact) mass is 217 g/mol. The molecule has 0 radical (unpaired) electrons. The van der Waals surface area contributed by atoms with Gasteiger partial charge in [0.1, 0.15) is 0 Å². The summed E-state index contributed by atoms with van der Waals surface area (Å²) in [4.78, 5) is 2.46. The quantitative estimate of drug-likeness (QED) is 0.716. The van der Waals surface area contributed by atoms with Crippen LogP contribution in [0.2, 0.25) is 0 Å².